The number of carbonyl (C=O) groups excluding carboxylic acids is 2. The largest absolute Gasteiger partial charge is 0.481 e. The van der Waals surface area contributed by atoms with Crippen LogP contribution in [0.3, 0.4) is 0 Å². The minimum absolute atomic E-state index is 0.00285. The first kappa shape index (κ1) is 15.8. The highest BCUT2D eigenvalue weighted by Crippen LogP contribution is 2.21. The van der Waals surface area contributed by atoms with Gasteiger partial charge in [-0.2, -0.15) is 0 Å². The molecule has 0 spiro atoms. The van der Waals surface area contributed by atoms with Gasteiger partial charge >= 0.3 is 5.97 Å². The second-order valence-electron chi connectivity index (χ2n) is 6.05. The maximum Gasteiger partial charge on any atom is 0.303 e. The zero-order chi connectivity index (χ0) is 15.2. The average Bonchev–Trinajstić information content (AvgIpc) is 2.83. The molecule has 1 N–H and O–H groups in total. The number of likely N-dealkylation sites (tertiary alicyclic amines) is 2. The first-order valence-corrected chi connectivity index (χ1v) is 7.83. The highest BCUT2D eigenvalue weighted by atomic mass is 16.4. The molecule has 1 unspecified atom stereocenters. The van der Waals surface area contributed by atoms with Crippen LogP contribution in [-0.4, -0.2) is 58.9 Å². The van der Waals surface area contributed by atoms with Crippen molar-refractivity contribution in [1.82, 2.24) is 9.80 Å². The Bertz CT molecular complexity index is 410. The van der Waals surface area contributed by atoms with Crippen LogP contribution >= 0.6 is 0 Å². The van der Waals surface area contributed by atoms with Gasteiger partial charge in [-0.15, -0.1) is 0 Å². The molecule has 0 aromatic heterocycles. The summed E-state index contributed by atoms with van der Waals surface area (Å²) >= 11 is 0. The molecule has 2 aliphatic heterocycles. The zero-order valence-electron chi connectivity index (χ0n) is 12.4. The molecule has 2 aliphatic rings. The maximum absolute atomic E-state index is 12.3. The highest BCUT2D eigenvalue weighted by molar-refractivity contribution is 5.85. The van der Waals surface area contributed by atoms with Crippen molar-refractivity contribution >= 4 is 17.8 Å². The first-order valence-electron chi connectivity index (χ1n) is 7.83. The molecule has 1 atom stereocenters. The van der Waals surface area contributed by atoms with Crippen molar-refractivity contribution in [2.24, 2.45) is 5.92 Å². The molecule has 6 nitrogen and oxygen atoms in total. The van der Waals surface area contributed by atoms with Gasteiger partial charge in [-0.05, 0) is 31.6 Å². The Hall–Kier alpha value is -1.59. The Morgan fingerprint density at radius 1 is 1.19 bits per heavy atom. The normalized spacial score (nSPS) is 23.2. The second kappa shape index (κ2) is 7.43. The van der Waals surface area contributed by atoms with E-state index in [0.29, 0.717) is 32.5 Å². The van der Waals surface area contributed by atoms with E-state index >= 15 is 0 Å². The van der Waals surface area contributed by atoms with Crippen molar-refractivity contribution < 1.29 is 19.5 Å². The molecule has 0 aromatic carbocycles. The van der Waals surface area contributed by atoms with Gasteiger partial charge in [0.2, 0.25) is 11.8 Å². The van der Waals surface area contributed by atoms with E-state index in [1.165, 1.54) is 0 Å². The Kier molecular flexibility index (Phi) is 5.59. The number of nitrogens with zero attached hydrogens (tertiary/aromatic N) is 2. The van der Waals surface area contributed by atoms with Gasteiger partial charge in [-0.25, -0.2) is 0 Å². The van der Waals surface area contributed by atoms with E-state index in [-0.39, 0.29) is 30.7 Å². The lowest BCUT2D eigenvalue weighted by Crippen LogP contribution is -2.42. The molecule has 0 aromatic rings. The molecule has 6 heteroatoms. The van der Waals surface area contributed by atoms with Crippen molar-refractivity contribution in [2.75, 3.05) is 26.2 Å². The van der Waals surface area contributed by atoms with Crippen molar-refractivity contribution in [1.29, 1.82) is 0 Å². The van der Waals surface area contributed by atoms with Gasteiger partial charge in [0.15, 0.2) is 0 Å². The summed E-state index contributed by atoms with van der Waals surface area (Å²) in [6.45, 7) is 2.19. The van der Waals surface area contributed by atoms with E-state index < -0.39 is 5.97 Å². The number of carbonyl (C=O) groups is 3. The molecule has 2 saturated heterocycles. The number of amides is 2. The Morgan fingerprint density at radius 2 is 2.00 bits per heavy atom. The Morgan fingerprint density at radius 3 is 2.76 bits per heavy atom. The highest BCUT2D eigenvalue weighted by Gasteiger charge is 2.28. The molecule has 2 amide bonds. The van der Waals surface area contributed by atoms with Crippen molar-refractivity contribution in [3.63, 3.8) is 0 Å². The van der Waals surface area contributed by atoms with Gasteiger partial charge < -0.3 is 14.9 Å². The summed E-state index contributed by atoms with van der Waals surface area (Å²) in [6, 6.07) is 0. The summed E-state index contributed by atoms with van der Waals surface area (Å²) < 4.78 is 0. The topological polar surface area (TPSA) is 77.9 Å². The van der Waals surface area contributed by atoms with Crippen LogP contribution in [0.4, 0.5) is 0 Å². The van der Waals surface area contributed by atoms with Gasteiger partial charge in [0, 0.05) is 32.5 Å². The number of carboxylic acids is 1. The maximum atomic E-state index is 12.3. The predicted octanol–water partition coefficient (Wildman–Crippen LogP) is 1.10. The minimum atomic E-state index is -0.782. The third kappa shape index (κ3) is 4.72. The van der Waals surface area contributed by atoms with Gasteiger partial charge in [0.1, 0.15) is 0 Å². The monoisotopic (exact) mass is 296 g/mol. The van der Waals surface area contributed by atoms with Gasteiger partial charge in [0.05, 0.1) is 6.54 Å². The molecular formula is C15H24N2O4. The standard InChI is InChI=1S/C15H24N2O4/c18-13-4-2-1-3-8-16(13)11-14(19)17-9-7-12(10-17)5-6-15(20)21/h12H,1-11H2,(H,20,21). The van der Waals surface area contributed by atoms with Crippen LogP contribution in [0.1, 0.15) is 44.9 Å². The van der Waals surface area contributed by atoms with Gasteiger partial charge in [0.25, 0.3) is 0 Å². The van der Waals surface area contributed by atoms with E-state index in [1.807, 2.05) is 0 Å². The molecule has 2 heterocycles. The molecule has 0 bridgehead atoms. The number of rotatable bonds is 5. The van der Waals surface area contributed by atoms with Crippen LogP contribution in [0.2, 0.25) is 0 Å². The molecule has 0 saturated carbocycles. The van der Waals surface area contributed by atoms with Crippen molar-refractivity contribution in [3.05, 3.63) is 0 Å². The third-order valence-corrected chi connectivity index (χ3v) is 4.40. The molecular weight excluding hydrogens is 272 g/mol. The smallest absolute Gasteiger partial charge is 0.303 e. The number of hydrogen-bond donors (Lipinski definition) is 1. The first-order chi connectivity index (χ1) is 10.1. The summed E-state index contributed by atoms with van der Waals surface area (Å²) in [7, 11) is 0. The Labute approximate surface area is 125 Å². The number of aliphatic carboxylic acids is 1. The summed E-state index contributed by atoms with van der Waals surface area (Å²) in [5.74, 6) is -0.412. The van der Waals surface area contributed by atoms with E-state index in [4.69, 9.17) is 5.11 Å². The molecule has 2 fully saturated rings. The van der Waals surface area contributed by atoms with E-state index in [0.717, 1.165) is 25.7 Å². The fourth-order valence-corrected chi connectivity index (χ4v) is 3.09. The summed E-state index contributed by atoms with van der Waals surface area (Å²) in [4.78, 5) is 38.2. The third-order valence-electron chi connectivity index (χ3n) is 4.40. The van der Waals surface area contributed by atoms with E-state index in [9.17, 15) is 14.4 Å². The van der Waals surface area contributed by atoms with Crippen LogP contribution in [0, 0.1) is 5.92 Å². The van der Waals surface area contributed by atoms with Crippen LogP contribution in [0.15, 0.2) is 0 Å². The lowest BCUT2D eigenvalue weighted by atomic mass is 10.0. The van der Waals surface area contributed by atoms with E-state index in [1.54, 1.807) is 9.80 Å². The second-order valence-corrected chi connectivity index (χ2v) is 6.05. The number of carboxylic acid groups (broad SMARTS) is 1. The molecule has 0 radical (unpaired) electrons. The van der Waals surface area contributed by atoms with Crippen LogP contribution < -0.4 is 0 Å². The fraction of sp³-hybridized carbons (Fsp3) is 0.800. The number of hydrogen-bond acceptors (Lipinski definition) is 3. The van der Waals surface area contributed by atoms with Crippen molar-refractivity contribution in [2.45, 2.75) is 44.9 Å². The van der Waals surface area contributed by atoms with E-state index in [2.05, 4.69) is 0 Å². The van der Waals surface area contributed by atoms with Crippen molar-refractivity contribution in [3.8, 4) is 0 Å². The fourth-order valence-electron chi connectivity index (χ4n) is 3.09. The molecule has 118 valence electrons. The van der Waals surface area contributed by atoms with Gasteiger partial charge in [-0.3, -0.25) is 14.4 Å². The van der Waals surface area contributed by atoms with Crippen LogP contribution in [0.5, 0.6) is 0 Å². The quantitative estimate of drug-likeness (QED) is 0.824. The van der Waals surface area contributed by atoms with Crippen LogP contribution in [-0.2, 0) is 14.4 Å². The van der Waals surface area contributed by atoms with Crippen LogP contribution in [0.25, 0.3) is 0 Å². The molecule has 21 heavy (non-hydrogen) atoms. The lowest BCUT2D eigenvalue weighted by molar-refractivity contribution is -0.139. The summed E-state index contributed by atoms with van der Waals surface area (Å²) in [6.07, 6.45) is 5.16. The van der Waals surface area contributed by atoms with Gasteiger partial charge in [-0.1, -0.05) is 6.42 Å². The summed E-state index contributed by atoms with van der Waals surface area (Å²) in [5, 5.41) is 8.70. The predicted molar refractivity (Wildman–Crippen MR) is 76.6 cm³/mol. The molecule has 2 rings (SSSR count). The average molecular weight is 296 g/mol. The lowest BCUT2D eigenvalue weighted by Gasteiger charge is -2.24. The minimum Gasteiger partial charge on any atom is -0.481 e. The molecule has 0 aliphatic carbocycles. The zero-order valence-corrected chi connectivity index (χ0v) is 12.4. The Balaban J connectivity index is 1.78. The SMILES string of the molecule is O=C(O)CCC1CCN(C(=O)CN2CCCCCC2=O)C1. The summed E-state index contributed by atoms with van der Waals surface area (Å²) in [5.41, 5.74) is 0.